The van der Waals surface area contributed by atoms with Gasteiger partial charge >= 0.3 is 5.97 Å². The second-order valence-corrected chi connectivity index (χ2v) is 5.10. The second kappa shape index (κ2) is 6.83. The van der Waals surface area contributed by atoms with E-state index >= 15 is 0 Å². The van der Waals surface area contributed by atoms with Gasteiger partial charge in [0.25, 0.3) is 5.91 Å². The van der Waals surface area contributed by atoms with Crippen LogP contribution in [-0.2, 0) is 16.1 Å². The molecule has 23 heavy (non-hydrogen) atoms. The van der Waals surface area contributed by atoms with E-state index in [0.29, 0.717) is 16.9 Å². The number of terminal acetylenes is 1. The van der Waals surface area contributed by atoms with Crippen LogP contribution in [-0.4, -0.2) is 40.4 Å². The lowest BCUT2D eigenvalue weighted by Crippen LogP contribution is -2.45. The molecule has 0 spiro atoms. The van der Waals surface area contributed by atoms with E-state index in [4.69, 9.17) is 22.0 Å². The number of carbonyl (C=O) groups excluding carboxylic acids is 2. The number of carboxylic acid groups (broad SMARTS) is 1. The van der Waals surface area contributed by atoms with Crippen molar-refractivity contribution in [1.29, 1.82) is 0 Å². The molecule has 0 aromatic heterocycles. The topological polar surface area (TPSA) is 110 Å². The molecule has 2 rings (SSSR count). The van der Waals surface area contributed by atoms with Gasteiger partial charge in [0.15, 0.2) is 0 Å². The predicted molar refractivity (Wildman–Crippen MR) is 80.5 cm³/mol. The Kier molecular flexibility index (Phi) is 4.86. The predicted octanol–water partition coefficient (Wildman–Crippen LogP) is 0.373. The number of benzene rings is 1. The minimum absolute atomic E-state index is 0.0230. The molecule has 0 radical (unpaired) electrons. The van der Waals surface area contributed by atoms with Crippen LogP contribution in [0.15, 0.2) is 18.2 Å². The zero-order chi connectivity index (χ0) is 17.0. The molecular weight excluding hydrogens is 300 g/mol. The van der Waals surface area contributed by atoms with Crippen molar-refractivity contribution >= 4 is 17.8 Å². The summed E-state index contributed by atoms with van der Waals surface area (Å²) in [5.74, 6) is 0.745. The van der Waals surface area contributed by atoms with E-state index in [1.165, 1.54) is 4.90 Å². The largest absolute Gasteiger partial charge is 0.481 e. The van der Waals surface area contributed by atoms with Crippen LogP contribution in [0.3, 0.4) is 0 Å². The quantitative estimate of drug-likeness (QED) is 0.706. The standard InChI is InChI=1S/C16H16N2O5/c1-2-7-23-11-3-4-12-10(8-11)9-18(16(12)22)13(15(17)21)5-6-14(19)20/h1,3-4,8,13H,5-7,9H2,(H2,17,21)(H,19,20)/t13-/m0/s1. The van der Waals surface area contributed by atoms with Crippen molar-refractivity contribution in [2.75, 3.05) is 6.61 Å². The number of hydrogen-bond donors (Lipinski definition) is 2. The van der Waals surface area contributed by atoms with Crippen LogP contribution in [0.4, 0.5) is 0 Å². The van der Waals surface area contributed by atoms with Gasteiger partial charge in [0.05, 0.1) is 0 Å². The summed E-state index contributed by atoms with van der Waals surface area (Å²) in [6.07, 6.45) is 4.86. The van der Waals surface area contributed by atoms with Gasteiger partial charge in [-0.15, -0.1) is 6.42 Å². The molecule has 1 atom stereocenters. The van der Waals surface area contributed by atoms with E-state index in [-0.39, 0.29) is 31.9 Å². The molecule has 2 amide bonds. The monoisotopic (exact) mass is 316 g/mol. The third kappa shape index (κ3) is 3.61. The molecule has 3 N–H and O–H groups in total. The molecule has 1 heterocycles. The molecule has 7 heteroatoms. The minimum Gasteiger partial charge on any atom is -0.481 e. The summed E-state index contributed by atoms with van der Waals surface area (Å²) in [7, 11) is 0. The Labute approximate surface area is 133 Å². The van der Waals surface area contributed by atoms with Gasteiger partial charge in [-0.3, -0.25) is 14.4 Å². The molecule has 1 aromatic carbocycles. The zero-order valence-corrected chi connectivity index (χ0v) is 12.3. The molecule has 0 fully saturated rings. The van der Waals surface area contributed by atoms with Crippen molar-refractivity contribution in [3.8, 4) is 18.1 Å². The highest BCUT2D eigenvalue weighted by Gasteiger charge is 2.35. The Morgan fingerprint density at radius 3 is 2.83 bits per heavy atom. The lowest BCUT2D eigenvalue weighted by molar-refractivity contribution is -0.137. The SMILES string of the molecule is C#CCOc1ccc2c(c1)CN([C@@H](CCC(=O)O)C(N)=O)C2=O. The van der Waals surface area contributed by atoms with Gasteiger partial charge in [0.2, 0.25) is 5.91 Å². The summed E-state index contributed by atoms with van der Waals surface area (Å²) < 4.78 is 5.30. The molecular formula is C16H16N2O5. The first kappa shape index (κ1) is 16.4. The Morgan fingerprint density at radius 1 is 1.48 bits per heavy atom. The molecule has 0 bridgehead atoms. The first-order valence-corrected chi connectivity index (χ1v) is 6.95. The van der Waals surface area contributed by atoms with Crippen LogP contribution >= 0.6 is 0 Å². The normalized spacial score (nSPS) is 14.0. The fraction of sp³-hybridized carbons (Fsp3) is 0.312. The number of rotatable bonds is 7. The van der Waals surface area contributed by atoms with Gasteiger partial charge in [0.1, 0.15) is 18.4 Å². The van der Waals surface area contributed by atoms with Crippen molar-refractivity contribution in [2.45, 2.75) is 25.4 Å². The first-order valence-electron chi connectivity index (χ1n) is 6.95. The number of amides is 2. The third-order valence-corrected chi connectivity index (χ3v) is 3.57. The molecule has 0 saturated carbocycles. The van der Waals surface area contributed by atoms with E-state index in [2.05, 4.69) is 5.92 Å². The summed E-state index contributed by atoms with van der Waals surface area (Å²) in [5.41, 5.74) is 6.45. The molecule has 7 nitrogen and oxygen atoms in total. The molecule has 1 aliphatic rings. The van der Waals surface area contributed by atoms with Crippen molar-refractivity contribution in [1.82, 2.24) is 4.90 Å². The lowest BCUT2D eigenvalue weighted by atomic mass is 10.1. The summed E-state index contributed by atoms with van der Waals surface area (Å²) in [6, 6.07) is 3.94. The Balaban J connectivity index is 2.19. The van der Waals surface area contributed by atoms with Gasteiger partial charge in [-0.2, -0.15) is 0 Å². The lowest BCUT2D eigenvalue weighted by Gasteiger charge is -2.24. The van der Waals surface area contributed by atoms with Gasteiger partial charge in [-0.05, 0) is 30.2 Å². The van der Waals surface area contributed by atoms with Crippen LogP contribution in [0.5, 0.6) is 5.75 Å². The molecule has 1 aliphatic heterocycles. The summed E-state index contributed by atoms with van der Waals surface area (Å²) >= 11 is 0. The smallest absolute Gasteiger partial charge is 0.303 e. The summed E-state index contributed by atoms with van der Waals surface area (Å²) in [5, 5.41) is 8.76. The average Bonchev–Trinajstić information content (AvgIpc) is 2.81. The number of hydrogen-bond acceptors (Lipinski definition) is 4. The maximum atomic E-state index is 12.4. The van der Waals surface area contributed by atoms with Gasteiger partial charge in [-0.25, -0.2) is 0 Å². The number of aliphatic carboxylic acids is 1. The van der Waals surface area contributed by atoms with Crippen LogP contribution in [0.2, 0.25) is 0 Å². The number of nitrogens with two attached hydrogens (primary N) is 1. The molecule has 0 unspecified atom stereocenters. The van der Waals surface area contributed by atoms with Crippen molar-refractivity contribution in [2.24, 2.45) is 5.73 Å². The van der Waals surface area contributed by atoms with Gasteiger partial charge < -0.3 is 20.5 Å². The Hall–Kier alpha value is -3.01. The number of carbonyl (C=O) groups is 3. The number of nitrogens with zero attached hydrogens (tertiary/aromatic N) is 1. The Bertz CT molecular complexity index is 692. The van der Waals surface area contributed by atoms with Crippen LogP contribution in [0, 0.1) is 12.3 Å². The van der Waals surface area contributed by atoms with Gasteiger partial charge in [-0.1, -0.05) is 5.92 Å². The average molecular weight is 316 g/mol. The number of carboxylic acids is 1. The van der Waals surface area contributed by atoms with Gasteiger partial charge in [0, 0.05) is 18.5 Å². The third-order valence-electron chi connectivity index (χ3n) is 3.57. The summed E-state index contributed by atoms with van der Waals surface area (Å²) in [6.45, 7) is 0.285. The highest BCUT2D eigenvalue weighted by molar-refractivity contribution is 6.01. The molecule has 0 saturated heterocycles. The number of fused-ring (bicyclic) bond motifs is 1. The fourth-order valence-electron chi connectivity index (χ4n) is 2.50. The second-order valence-electron chi connectivity index (χ2n) is 5.10. The van der Waals surface area contributed by atoms with Crippen molar-refractivity contribution in [3.63, 3.8) is 0 Å². The molecule has 120 valence electrons. The van der Waals surface area contributed by atoms with Crippen molar-refractivity contribution < 1.29 is 24.2 Å². The minimum atomic E-state index is -1.05. The summed E-state index contributed by atoms with van der Waals surface area (Å²) in [4.78, 5) is 36.0. The van der Waals surface area contributed by atoms with E-state index in [9.17, 15) is 14.4 Å². The number of ether oxygens (including phenoxy) is 1. The zero-order valence-electron chi connectivity index (χ0n) is 12.3. The van der Waals surface area contributed by atoms with E-state index < -0.39 is 17.9 Å². The highest BCUT2D eigenvalue weighted by Crippen LogP contribution is 2.29. The van der Waals surface area contributed by atoms with E-state index in [1.807, 2.05) is 0 Å². The maximum Gasteiger partial charge on any atom is 0.303 e. The van der Waals surface area contributed by atoms with Crippen molar-refractivity contribution in [3.05, 3.63) is 29.3 Å². The number of primary amides is 1. The van der Waals surface area contributed by atoms with E-state index in [0.717, 1.165) is 0 Å². The van der Waals surface area contributed by atoms with Crippen LogP contribution in [0.1, 0.15) is 28.8 Å². The van der Waals surface area contributed by atoms with Crippen LogP contribution < -0.4 is 10.5 Å². The highest BCUT2D eigenvalue weighted by atomic mass is 16.5. The molecule has 0 aliphatic carbocycles. The van der Waals surface area contributed by atoms with E-state index in [1.54, 1.807) is 18.2 Å². The first-order chi connectivity index (χ1) is 10.9. The fourth-order valence-corrected chi connectivity index (χ4v) is 2.50. The Morgan fingerprint density at radius 2 is 2.22 bits per heavy atom. The van der Waals surface area contributed by atoms with Crippen LogP contribution in [0.25, 0.3) is 0 Å². The molecule has 1 aromatic rings. The maximum absolute atomic E-state index is 12.4.